The number of rotatable bonds is 4. The summed E-state index contributed by atoms with van der Waals surface area (Å²) in [6, 6.07) is 6.22. The Morgan fingerprint density at radius 2 is 1.83 bits per heavy atom. The van der Waals surface area contributed by atoms with Gasteiger partial charge in [-0.25, -0.2) is 14.4 Å². The van der Waals surface area contributed by atoms with E-state index >= 15 is 0 Å². The van der Waals surface area contributed by atoms with Crippen LogP contribution in [0.2, 0.25) is 0 Å². The average molecular weight is 410 g/mol. The summed E-state index contributed by atoms with van der Waals surface area (Å²) in [6.07, 6.45) is 8.09. The zero-order valence-corrected chi connectivity index (χ0v) is 18.0. The van der Waals surface area contributed by atoms with Gasteiger partial charge in [0.2, 0.25) is 5.95 Å². The van der Waals surface area contributed by atoms with Crippen LogP contribution in [-0.4, -0.2) is 65.1 Å². The molecule has 3 heterocycles. The summed E-state index contributed by atoms with van der Waals surface area (Å²) in [5.41, 5.74) is 4.31. The summed E-state index contributed by atoms with van der Waals surface area (Å²) in [5.74, 6) is 0.787. The molecule has 1 saturated carbocycles. The summed E-state index contributed by atoms with van der Waals surface area (Å²) in [7, 11) is 0. The van der Waals surface area contributed by atoms with Crippen molar-refractivity contribution in [2.24, 2.45) is 0 Å². The Labute approximate surface area is 178 Å². The number of aromatic nitrogens is 2. The first-order valence-electron chi connectivity index (χ1n) is 11.5. The number of benzene rings is 1. The smallest absolute Gasteiger partial charge is 0.225 e. The van der Waals surface area contributed by atoms with Gasteiger partial charge < -0.3 is 4.90 Å². The molecule has 0 unspecified atom stereocenters. The van der Waals surface area contributed by atoms with E-state index < -0.39 is 0 Å². The maximum Gasteiger partial charge on any atom is 0.225 e. The van der Waals surface area contributed by atoms with E-state index in [0.29, 0.717) is 0 Å². The van der Waals surface area contributed by atoms with Crippen LogP contribution >= 0.6 is 0 Å². The van der Waals surface area contributed by atoms with Crippen LogP contribution in [0.25, 0.3) is 0 Å². The van der Waals surface area contributed by atoms with E-state index in [-0.39, 0.29) is 5.82 Å². The van der Waals surface area contributed by atoms with Crippen molar-refractivity contribution in [1.82, 2.24) is 19.8 Å². The maximum absolute atomic E-state index is 13.9. The molecule has 5 nitrogen and oxygen atoms in total. The van der Waals surface area contributed by atoms with Gasteiger partial charge in [-0.3, -0.25) is 9.80 Å². The van der Waals surface area contributed by atoms with E-state index in [0.717, 1.165) is 81.8 Å². The third-order valence-electron chi connectivity index (χ3n) is 7.27. The summed E-state index contributed by atoms with van der Waals surface area (Å²) in [4.78, 5) is 17.1. The van der Waals surface area contributed by atoms with Crippen LogP contribution in [0.15, 0.2) is 24.4 Å². The number of fused-ring (bicyclic) bond motifs is 1. The lowest BCUT2D eigenvalue weighted by atomic mass is 9.91. The number of piperazine rings is 1. The molecule has 5 rings (SSSR count). The van der Waals surface area contributed by atoms with Crippen molar-refractivity contribution in [2.75, 3.05) is 44.2 Å². The predicted octanol–water partition coefficient (Wildman–Crippen LogP) is 3.20. The van der Waals surface area contributed by atoms with Crippen LogP contribution in [0.4, 0.5) is 10.3 Å². The Bertz CT molecular complexity index is 889. The molecule has 0 atom stereocenters. The minimum atomic E-state index is -0.112. The van der Waals surface area contributed by atoms with Gasteiger partial charge in [0.15, 0.2) is 0 Å². The molecule has 30 heavy (non-hydrogen) atoms. The fourth-order valence-corrected chi connectivity index (χ4v) is 4.92. The molecule has 2 fully saturated rings. The number of nitrogens with zero attached hydrogens (tertiary/aromatic N) is 5. The summed E-state index contributed by atoms with van der Waals surface area (Å²) >= 11 is 0. The van der Waals surface area contributed by atoms with E-state index in [2.05, 4.69) is 14.7 Å². The van der Waals surface area contributed by atoms with Gasteiger partial charge >= 0.3 is 0 Å². The second-order valence-corrected chi connectivity index (χ2v) is 9.05. The minimum absolute atomic E-state index is 0.112. The molecule has 6 heteroatoms. The molecule has 0 bridgehead atoms. The zero-order chi connectivity index (χ0) is 20.5. The molecule has 1 aliphatic carbocycles. The van der Waals surface area contributed by atoms with Crippen LogP contribution in [-0.2, 0) is 19.4 Å². The highest BCUT2D eigenvalue weighted by Gasteiger charge is 2.29. The molecule has 160 valence electrons. The van der Waals surface area contributed by atoms with Gasteiger partial charge in [0.1, 0.15) is 5.82 Å². The SMILES string of the molecule is Cc1c(F)cccc1CN1CCc2cnc(N3CCN(C4CCC4)CC3)nc2CC1. The molecule has 0 spiro atoms. The highest BCUT2D eigenvalue weighted by Crippen LogP contribution is 2.26. The highest BCUT2D eigenvalue weighted by molar-refractivity contribution is 5.35. The predicted molar refractivity (Wildman–Crippen MR) is 117 cm³/mol. The summed E-state index contributed by atoms with van der Waals surface area (Å²) in [6.45, 7) is 8.90. The first-order valence-corrected chi connectivity index (χ1v) is 11.5. The molecule has 0 N–H and O–H groups in total. The average Bonchev–Trinajstić information content (AvgIpc) is 2.93. The van der Waals surface area contributed by atoms with Gasteiger partial charge in [0.25, 0.3) is 0 Å². The molecule has 0 amide bonds. The van der Waals surface area contributed by atoms with E-state index in [1.807, 2.05) is 25.3 Å². The molecular formula is C24H32FN5. The lowest BCUT2D eigenvalue weighted by Crippen LogP contribution is -2.52. The zero-order valence-electron chi connectivity index (χ0n) is 18.0. The number of anilines is 1. The summed E-state index contributed by atoms with van der Waals surface area (Å²) in [5, 5.41) is 0. The van der Waals surface area contributed by atoms with Crippen molar-refractivity contribution in [2.45, 2.75) is 51.6 Å². The van der Waals surface area contributed by atoms with Crippen molar-refractivity contribution >= 4 is 5.95 Å². The van der Waals surface area contributed by atoms with Crippen molar-refractivity contribution in [1.29, 1.82) is 0 Å². The molecule has 3 aliphatic rings. The Kier molecular flexibility index (Phi) is 5.70. The van der Waals surface area contributed by atoms with Crippen LogP contribution < -0.4 is 4.90 Å². The van der Waals surface area contributed by atoms with Gasteiger partial charge in [-0.1, -0.05) is 18.6 Å². The first-order chi connectivity index (χ1) is 14.7. The van der Waals surface area contributed by atoms with Gasteiger partial charge in [-0.05, 0) is 48.9 Å². The van der Waals surface area contributed by atoms with Crippen LogP contribution in [0.3, 0.4) is 0 Å². The molecule has 2 aromatic rings. The Balaban J connectivity index is 1.22. The van der Waals surface area contributed by atoms with Crippen LogP contribution in [0, 0.1) is 12.7 Å². The Hall–Kier alpha value is -2.05. The molecular weight excluding hydrogens is 377 g/mol. The van der Waals surface area contributed by atoms with Gasteiger partial charge in [-0.2, -0.15) is 0 Å². The quantitative estimate of drug-likeness (QED) is 0.775. The number of hydrogen-bond acceptors (Lipinski definition) is 5. The Morgan fingerprint density at radius 1 is 1.03 bits per heavy atom. The fourth-order valence-electron chi connectivity index (χ4n) is 4.92. The van der Waals surface area contributed by atoms with E-state index in [4.69, 9.17) is 9.97 Å². The van der Waals surface area contributed by atoms with Gasteiger partial charge in [0, 0.05) is 64.5 Å². The largest absolute Gasteiger partial charge is 0.338 e. The fraction of sp³-hybridized carbons (Fsp3) is 0.583. The third kappa shape index (κ3) is 4.08. The second-order valence-electron chi connectivity index (χ2n) is 9.05. The number of hydrogen-bond donors (Lipinski definition) is 0. The molecule has 1 aromatic heterocycles. The van der Waals surface area contributed by atoms with E-state index in [9.17, 15) is 4.39 Å². The van der Waals surface area contributed by atoms with Crippen LogP contribution in [0.5, 0.6) is 0 Å². The standard InChI is InChI=1S/C24H32FN5/c1-18-20(4-2-7-22(18)25)17-28-10-8-19-16-26-24(27-23(19)9-11-28)30-14-12-29(13-15-30)21-5-3-6-21/h2,4,7,16,21H,3,5-6,8-15,17H2,1H3. The topological polar surface area (TPSA) is 35.5 Å². The molecule has 1 saturated heterocycles. The van der Waals surface area contributed by atoms with Crippen molar-refractivity contribution in [3.8, 4) is 0 Å². The monoisotopic (exact) mass is 409 g/mol. The lowest BCUT2D eigenvalue weighted by molar-refractivity contribution is 0.120. The van der Waals surface area contributed by atoms with E-state index in [1.165, 1.54) is 30.5 Å². The van der Waals surface area contributed by atoms with E-state index in [1.54, 1.807) is 6.07 Å². The first kappa shape index (κ1) is 19.9. The minimum Gasteiger partial charge on any atom is -0.338 e. The van der Waals surface area contributed by atoms with Crippen molar-refractivity contribution < 1.29 is 4.39 Å². The number of halogens is 1. The third-order valence-corrected chi connectivity index (χ3v) is 7.27. The lowest BCUT2D eigenvalue weighted by Gasteiger charge is -2.43. The maximum atomic E-state index is 13.9. The van der Waals surface area contributed by atoms with Crippen molar-refractivity contribution in [3.63, 3.8) is 0 Å². The normalized spacial score (nSPS) is 21.2. The highest BCUT2D eigenvalue weighted by atomic mass is 19.1. The molecule has 1 aromatic carbocycles. The summed E-state index contributed by atoms with van der Waals surface area (Å²) < 4.78 is 13.9. The molecule has 2 aliphatic heterocycles. The van der Waals surface area contributed by atoms with Gasteiger partial charge in [-0.15, -0.1) is 0 Å². The van der Waals surface area contributed by atoms with Gasteiger partial charge in [0.05, 0.1) is 5.69 Å². The molecule has 0 radical (unpaired) electrons. The Morgan fingerprint density at radius 3 is 2.60 bits per heavy atom. The van der Waals surface area contributed by atoms with Crippen LogP contribution in [0.1, 0.15) is 41.6 Å². The van der Waals surface area contributed by atoms with Crippen molar-refractivity contribution in [3.05, 3.63) is 52.6 Å². The second kappa shape index (κ2) is 8.60.